The highest BCUT2D eigenvalue weighted by Gasteiger charge is 2.22. The number of hydrogen-bond acceptors (Lipinski definition) is 9. The molecule has 49 heavy (non-hydrogen) atoms. The van der Waals surface area contributed by atoms with Crippen LogP contribution in [0.2, 0.25) is 0 Å². The summed E-state index contributed by atoms with van der Waals surface area (Å²) in [4.78, 5) is 52.6. The van der Waals surface area contributed by atoms with E-state index in [4.69, 9.17) is 10.5 Å². The van der Waals surface area contributed by atoms with Crippen LogP contribution in [0.1, 0.15) is 56.6 Å². The predicted molar refractivity (Wildman–Crippen MR) is 183 cm³/mol. The van der Waals surface area contributed by atoms with Crippen molar-refractivity contribution < 1.29 is 19.1 Å². The SMILES string of the molecule is CCn1nc(C)cc1C(=O)Nc1nc2cccnc2n1CC=CCn1c(NC(=O)c2cc(C)nn2CC)nc2cc(C(N)=O)cc(OC)c21. The fourth-order valence-corrected chi connectivity index (χ4v) is 5.66. The van der Waals surface area contributed by atoms with Gasteiger partial charge in [0.05, 0.1) is 24.0 Å². The first-order chi connectivity index (χ1) is 23.6. The number of nitrogens with one attached hydrogen (secondary N) is 2. The highest BCUT2D eigenvalue weighted by atomic mass is 16.5. The monoisotopic (exact) mass is 664 g/mol. The number of carbonyl (C=O) groups is 3. The number of imidazole rings is 2. The minimum absolute atomic E-state index is 0.216. The van der Waals surface area contributed by atoms with Crippen LogP contribution in [0.15, 0.2) is 54.7 Å². The molecule has 16 heteroatoms. The normalized spacial score (nSPS) is 11.5. The molecule has 1 aromatic carbocycles. The van der Waals surface area contributed by atoms with Gasteiger partial charge in [-0.3, -0.25) is 38.9 Å². The molecule has 6 rings (SSSR count). The summed E-state index contributed by atoms with van der Waals surface area (Å²) < 4.78 is 12.5. The number of anilines is 2. The maximum atomic E-state index is 13.4. The minimum Gasteiger partial charge on any atom is -0.494 e. The number of amides is 3. The summed E-state index contributed by atoms with van der Waals surface area (Å²) in [5.41, 5.74) is 10.2. The molecule has 0 radical (unpaired) electrons. The molecule has 0 fully saturated rings. The molecule has 4 N–H and O–H groups in total. The topological polar surface area (TPSA) is 195 Å². The lowest BCUT2D eigenvalue weighted by Crippen LogP contribution is -2.20. The van der Waals surface area contributed by atoms with Crippen molar-refractivity contribution in [2.24, 2.45) is 5.73 Å². The van der Waals surface area contributed by atoms with Gasteiger partial charge in [0.1, 0.15) is 28.2 Å². The molecule has 0 spiro atoms. The smallest absolute Gasteiger partial charge is 0.276 e. The summed E-state index contributed by atoms with van der Waals surface area (Å²) in [7, 11) is 1.48. The minimum atomic E-state index is -0.638. The molecule has 5 aromatic heterocycles. The third-order valence-electron chi connectivity index (χ3n) is 7.88. The first kappa shape index (κ1) is 32.6. The Balaban J connectivity index is 1.33. The lowest BCUT2D eigenvalue weighted by molar-refractivity contribution is 0.0994. The average Bonchev–Trinajstić information content (AvgIpc) is 3.85. The van der Waals surface area contributed by atoms with Crippen molar-refractivity contribution in [1.29, 1.82) is 0 Å². The number of methoxy groups -OCH3 is 1. The van der Waals surface area contributed by atoms with E-state index in [1.807, 2.05) is 45.9 Å². The second kappa shape index (κ2) is 13.4. The molecule has 6 aromatic rings. The maximum Gasteiger partial charge on any atom is 0.276 e. The lowest BCUT2D eigenvalue weighted by atomic mass is 10.1. The van der Waals surface area contributed by atoms with Gasteiger partial charge in [0.25, 0.3) is 11.8 Å². The number of rotatable bonds is 12. The zero-order valence-electron chi connectivity index (χ0n) is 27.8. The number of aromatic nitrogens is 9. The van der Waals surface area contributed by atoms with Gasteiger partial charge in [-0.2, -0.15) is 10.2 Å². The van der Waals surface area contributed by atoms with Crippen molar-refractivity contribution in [1.82, 2.24) is 43.6 Å². The van der Waals surface area contributed by atoms with Gasteiger partial charge in [0, 0.05) is 37.9 Å². The van der Waals surface area contributed by atoms with Crippen molar-refractivity contribution in [3.63, 3.8) is 0 Å². The van der Waals surface area contributed by atoms with Gasteiger partial charge in [0.2, 0.25) is 17.8 Å². The molecule has 0 aliphatic rings. The Kier molecular flexibility index (Phi) is 8.94. The van der Waals surface area contributed by atoms with Gasteiger partial charge >= 0.3 is 0 Å². The molecule has 0 saturated carbocycles. The summed E-state index contributed by atoms with van der Waals surface area (Å²) in [6, 6.07) is 10.1. The molecule has 252 valence electrons. The Morgan fingerprint density at radius 1 is 0.837 bits per heavy atom. The number of aryl methyl sites for hydroxylation is 4. The van der Waals surface area contributed by atoms with Crippen LogP contribution < -0.4 is 21.1 Å². The summed E-state index contributed by atoms with van der Waals surface area (Å²) in [6.07, 6.45) is 5.44. The highest BCUT2D eigenvalue weighted by Crippen LogP contribution is 2.31. The average molecular weight is 665 g/mol. The Labute approximate surface area is 280 Å². The third kappa shape index (κ3) is 6.35. The molecule has 0 aliphatic carbocycles. The standard InChI is InChI=1S/C33H36N12O4/c1-6-44-24(15-19(3)40-44)30(47)38-32-37-23-17-21(28(34)46)18-26(49-5)27(23)42(32)13-8-9-14-43-29-22(11-10-12-35-29)36-33(43)39-31(48)25-16-20(4)41-45(25)7-2/h8-12,15-18H,6-7,13-14H2,1-5H3,(H2,34,46)(H,36,39,48)(H,37,38,47). The Bertz CT molecular complexity index is 2250. The van der Waals surface area contributed by atoms with E-state index in [1.165, 1.54) is 13.2 Å². The number of benzene rings is 1. The molecular weight excluding hydrogens is 628 g/mol. The Morgan fingerprint density at radius 3 is 1.98 bits per heavy atom. The molecule has 3 amide bonds. The van der Waals surface area contributed by atoms with Gasteiger partial charge in [-0.15, -0.1) is 0 Å². The summed E-state index contributed by atoms with van der Waals surface area (Å²) in [5.74, 6) is -0.450. The van der Waals surface area contributed by atoms with Crippen molar-refractivity contribution >= 4 is 51.8 Å². The van der Waals surface area contributed by atoms with Crippen LogP contribution >= 0.6 is 0 Å². The zero-order chi connectivity index (χ0) is 34.8. The van der Waals surface area contributed by atoms with Crippen molar-refractivity contribution in [2.45, 2.75) is 53.9 Å². The highest BCUT2D eigenvalue weighted by molar-refractivity contribution is 6.04. The number of carbonyl (C=O) groups excluding carboxylic acids is 3. The van der Waals surface area contributed by atoms with Crippen molar-refractivity contribution in [3.05, 3.63) is 83.1 Å². The van der Waals surface area contributed by atoms with Crippen LogP contribution in [0.25, 0.3) is 22.2 Å². The third-order valence-corrected chi connectivity index (χ3v) is 7.88. The molecule has 16 nitrogen and oxygen atoms in total. The van der Waals surface area contributed by atoms with Crippen molar-refractivity contribution in [2.75, 3.05) is 17.7 Å². The second-order valence-electron chi connectivity index (χ2n) is 11.2. The first-order valence-electron chi connectivity index (χ1n) is 15.7. The summed E-state index contributed by atoms with van der Waals surface area (Å²) in [5, 5.41) is 14.6. The number of ether oxygens (including phenoxy) is 1. The molecular formula is C33H36N12O4. The van der Waals surface area contributed by atoms with E-state index in [2.05, 4.69) is 35.8 Å². The van der Waals surface area contributed by atoms with Gasteiger partial charge in [0.15, 0.2) is 5.65 Å². The van der Waals surface area contributed by atoms with Gasteiger partial charge in [-0.25, -0.2) is 15.0 Å². The van der Waals surface area contributed by atoms with E-state index < -0.39 is 11.8 Å². The Morgan fingerprint density at radius 2 is 1.41 bits per heavy atom. The van der Waals surface area contributed by atoms with Gasteiger partial charge < -0.3 is 15.0 Å². The maximum absolute atomic E-state index is 13.4. The summed E-state index contributed by atoms with van der Waals surface area (Å²) >= 11 is 0. The van der Waals surface area contributed by atoms with Crippen LogP contribution in [0.3, 0.4) is 0 Å². The quantitative estimate of drug-likeness (QED) is 0.164. The fourth-order valence-electron chi connectivity index (χ4n) is 5.66. The largest absolute Gasteiger partial charge is 0.494 e. The van der Waals surface area contributed by atoms with Crippen LogP contribution in [-0.4, -0.2) is 68.5 Å². The summed E-state index contributed by atoms with van der Waals surface area (Å²) in [6.45, 7) is 9.07. The van der Waals surface area contributed by atoms with Crippen LogP contribution in [0.4, 0.5) is 11.9 Å². The molecule has 0 saturated heterocycles. The number of nitrogens with two attached hydrogens (primary N) is 1. The molecule has 0 atom stereocenters. The first-order valence-corrected chi connectivity index (χ1v) is 15.7. The second-order valence-corrected chi connectivity index (χ2v) is 11.2. The molecule has 0 bridgehead atoms. The Hall–Kier alpha value is -6.32. The molecule has 0 unspecified atom stereocenters. The van der Waals surface area contributed by atoms with Gasteiger partial charge in [-0.1, -0.05) is 12.2 Å². The van der Waals surface area contributed by atoms with Crippen LogP contribution in [0.5, 0.6) is 5.75 Å². The number of primary amides is 1. The number of fused-ring (bicyclic) bond motifs is 2. The predicted octanol–water partition coefficient (Wildman–Crippen LogP) is 3.70. The van der Waals surface area contributed by atoms with E-state index >= 15 is 0 Å². The number of pyridine rings is 1. The van der Waals surface area contributed by atoms with E-state index in [9.17, 15) is 14.4 Å². The fraction of sp³-hybridized carbons (Fsp3) is 0.273. The van der Waals surface area contributed by atoms with E-state index in [0.717, 1.165) is 5.69 Å². The van der Waals surface area contributed by atoms with Crippen LogP contribution in [0, 0.1) is 13.8 Å². The van der Waals surface area contributed by atoms with E-state index in [1.54, 1.807) is 49.0 Å². The van der Waals surface area contributed by atoms with Crippen molar-refractivity contribution in [3.8, 4) is 5.75 Å². The van der Waals surface area contributed by atoms with E-state index in [0.29, 0.717) is 70.6 Å². The number of nitrogens with zero attached hydrogens (tertiary/aromatic N) is 9. The number of allylic oxidation sites excluding steroid dienone is 2. The molecule has 0 aliphatic heterocycles. The van der Waals surface area contributed by atoms with Crippen LogP contribution in [-0.2, 0) is 26.2 Å². The lowest BCUT2D eigenvalue weighted by Gasteiger charge is -2.11. The van der Waals surface area contributed by atoms with Gasteiger partial charge in [-0.05, 0) is 64.1 Å². The number of hydrogen-bond donors (Lipinski definition) is 3. The van der Waals surface area contributed by atoms with E-state index in [-0.39, 0.29) is 24.0 Å². The molecule has 5 heterocycles. The zero-order valence-corrected chi connectivity index (χ0v) is 27.8.